The maximum Gasteiger partial charge on any atom is 0.117 e. The second-order valence-electron chi connectivity index (χ2n) is 3.38. The summed E-state index contributed by atoms with van der Waals surface area (Å²) in [5.41, 5.74) is 5.44. The van der Waals surface area contributed by atoms with Crippen molar-refractivity contribution in [2.45, 2.75) is 17.2 Å². The van der Waals surface area contributed by atoms with Gasteiger partial charge in [0, 0.05) is 4.90 Å². The molecule has 1 atom stereocenters. The van der Waals surface area contributed by atoms with Gasteiger partial charge in [-0.3, -0.25) is 4.21 Å². The molecule has 0 aliphatic rings. The lowest BCUT2D eigenvalue weighted by Gasteiger charge is -1.99. The van der Waals surface area contributed by atoms with Gasteiger partial charge in [0.05, 0.1) is 23.1 Å². The molecule has 2 aromatic rings. The number of hydrogen-bond acceptors (Lipinski definition) is 3. The van der Waals surface area contributed by atoms with E-state index in [0.29, 0.717) is 18.1 Å². The molecule has 0 saturated carbocycles. The Morgan fingerprint density at radius 1 is 1.06 bits per heavy atom. The first-order chi connectivity index (χ1) is 7.79. The van der Waals surface area contributed by atoms with Crippen LogP contribution in [-0.2, 0) is 23.1 Å². The molecule has 16 heavy (non-hydrogen) atoms. The molecule has 0 aliphatic carbocycles. The third kappa shape index (κ3) is 2.59. The van der Waals surface area contributed by atoms with E-state index in [-0.39, 0.29) is 0 Å². The van der Waals surface area contributed by atoms with Crippen molar-refractivity contribution in [2.75, 3.05) is 0 Å². The smallest absolute Gasteiger partial charge is 0.117 e. The van der Waals surface area contributed by atoms with Gasteiger partial charge in [-0.25, -0.2) is 0 Å². The summed E-state index contributed by atoms with van der Waals surface area (Å²) in [7, 11) is -1.06. The molecular formula is C12H13NO2S. The molecule has 0 aliphatic heterocycles. The van der Waals surface area contributed by atoms with E-state index in [1.54, 1.807) is 0 Å². The first-order valence-corrected chi connectivity index (χ1v) is 6.32. The molecule has 2 rings (SSSR count). The zero-order valence-electron chi connectivity index (χ0n) is 8.76. The topological polar surface area (TPSA) is 56.2 Å². The zero-order valence-corrected chi connectivity index (χ0v) is 9.57. The van der Waals surface area contributed by atoms with Gasteiger partial charge in [0.25, 0.3) is 0 Å². The van der Waals surface area contributed by atoms with Crippen LogP contribution in [0, 0.1) is 0 Å². The average molecular weight is 235 g/mol. The number of furan rings is 1. The SMILES string of the molecule is NCc1ccc(CS(=O)c2ccccc2)o1. The Balaban J connectivity index is 2.08. The summed E-state index contributed by atoms with van der Waals surface area (Å²) in [6.07, 6.45) is 0. The molecule has 0 amide bonds. The van der Waals surface area contributed by atoms with Gasteiger partial charge in [-0.1, -0.05) is 18.2 Å². The van der Waals surface area contributed by atoms with Crippen molar-refractivity contribution >= 4 is 10.8 Å². The predicted molar refractivity (Wildman–Crippen MR) is 63.2 cm³/mol. The van der Waals surface area contributed by atoms with E-state index in [9.17, 15) is 4.21 Å². The lowest BCUT2D eigenvalue weighted by molar-refractivity contribution is 0.481. The van der Waals surface area contributed by atoms with Crippen molar-refractivity contribution in [1.29, 1.82) is 0 Å². The summed E-state index contributed by atoms with van der Waals surface area (Å²) < 4.78 is 17.3. The summed E-state index contributed by atoms with van der Waals surface area (Å²) in [5.74, 6) is 1.83. The van der Waals surface area contributed by atoms with E-state index in [0.717, 1.165) is 10.7 Å². The molecular weight excluding hydrogens is 222 g/mol. The quantitative estimate of drug-likeness (QED) is 0.882. The van der Waals surface area contributed by atoms with E-state index in [1.165, 1.54) is 0 Å². The van der Waals surface area contributed by atoms with Gasteiger partial charge in [-0.2, -0.15) is 0 Å². The second kappa shape index (κ2) is 5.09. The lowest BCUT2D eigenvalue weighted by Crippen LogP contribution is -1.95. The molecule has 0 radical (unpaired) electrons. The largest absolute Gasteiger partial charge is 0.464 e. The van der Waals surface area contributed by atoms with Crippen molar-refractivity contribution in [2.24, 2.45) is 5.73 Å². The maximum atomic E-state index is 11.9. The van der Waals surface area contributed by atoms with E-state index in [1.807, 2.05) is 42.5 Å². The minimum atomic E-state index is -1.06. The molecule has 84 valence electrons. The Kier molecular flexibility index (Phi) is 3.54. The van der Waals surface area contributed by atoms with Gasteiger partial charge in [-0.15, -0.1) is 0 Å². The third-order valence-corrected chi connectivity index (χ3v) is 3.54. The molecule has 4 heteroatoms. The van der Waals surface area contributed by atoms with Crippen LogP contribution in [0.1, 0.15) is 11.5 Å². The lowest BCUT2D eigenvalue weighted by atomic mass is 10.4. The van der Waals surface area contributed by atoms with Crippen molar-refractivity contribution in [3.8, 4) is 0 Å². The van der Waals surface area contributed by atoms with E-state index >= 15 is 0 Å². The molecule has 0 saturated heterocycles. The number of nitrogens with two attached hydrogens (primary N) is 1. The van der Waals surface area contributed by atoms with Gasteiger partial charge >= 0.3 is 0 Å². The molecule has 2 N–H and O–H groups in total. The highest BCUT2D eigenvalue weighted by molar-refractivity contribution is 7.84. The molecule has 0 fully saturated rings. The van der Waals surface area contributed by atoms with Crippen LogP contribution in [0.3, 0.4) is 0 Å². The highest BCUT2D eigenvalue weighted by Crippen LogP contribution is 2.14. The molecule has 3 nitrogen and oxygen atoms in total. The van der Waals surface area contributed by atoms with Gasteiger partial charge in [0.1, 0.15) is 11.5 Å². The van der Waals surface area contributed by atoms with E-state index < -0.39 is 10.8 Å². The fourth-order valence-electron chi connectivity index (χ4n) is 1.39. The molecule has 0 spiro atoms. The fraction of sp³-hybridized carbons (Fsp3) is 0.167. The van der Waals surface area contributed by atoms with Crippen LogP contribution in [-0.4, -0.2) is 4.21 Å². The Bertz CT molecular complexity index is 479. The first kappa shape index (κ1) is 11.1. The van der Waals surface area contributed by atoms with Crippen LogP contribution < -0.4 is 5.73 Å². The van der Waals surface area contributed by atoms with Gasteiger partial charge in [0.2, 0.25) is 0 Å². The highest BCUT2D eigenvalue weighted by atomic mass is 32.2. The Morgan fingerprint density at radius 3 is 2.38 bits per heavy atom. The monoisotopic (exact) mass is 235 g/mol. The summed E-state index contributed by atoms with van der Waals surface area (Å²) >= 11 is 0. The highest BCUT2D eigenvalue weighted by Gasteiger charge is 2.07. The van der Waals surface area contributed by atoms with Crippen LogP contribution in [0.4, 0.5) is 0 Å². The first-order valence-electron chi connectivity index (χ1n) is 5.00. The minimum Gasteiger partial charge on any atom is -0.464 e. The summed E-state index contributed by atoms with van der Waals surface area (Å²) in [4.78, 5) is 0.813. The fourth-order valence-corrected chi connectivity index (χ4v) is 2.44. The normalized spacial score (nSPS) is 12.6. The predicted octanol–water partition coefficient (Wildman–Crippen LogP) is 2.05. The molecule has 1 unspecified atom stereocenters. The van der Waals surface area contributed by atoms with Crippen LogP contribution in [0.15, 0.2) is 51.8 Å². The standard InChI is InChI=1S/C12H13NO2S/c13-8-10-6-7-11(15-10)9-16(14)12-4-2-1-3-5-12/h1-7H,8-9,13H2. The minimum absolute atomic E-state index is 0.373. The van der Waals surface area contributed by atoms with Crippen LogP contribution in [0.5, 0.6) is 0 Å². The Labute approximate surface area is 96.7 Å². The zero-order chi connectivity index (χ0) is 11.4. The van der Waals surface area contributed by atoms with E-state index in [4.69, 9.17) is 10.2 Å². The van der Waals surface area contributed by atoms with Crippen molar-refractivity contribution < 1.29 is 8.63 Å². The number of rotatable bonds is 4. The van der Waals surface area contributed by atoms with Crippen LogP contribution >= 0.6 is 0 Å². The molecule has 1 aromatic carbocycles. The van der Waals surface area contributed by atoms with Crippen molar-refractivity contribution in [1.82, 2.24) is 0 Å². The Morgan fingerprint density at radius 2 is 1.75 bits per heavy atom. The summed E-state index contributed by atoms with van der Waals surface area (Å²) in [6, 6.07) is 13.0. The summed E-state index contributed by atoms with van der Waals surface area (Å²) in [5, 5.41) is 0. The molecule has 0 bridgehead atoms. The van der Waals surface area contributed by atoms with Crippen LogP contribution in [0.2, 0.25) is 0 Å². The van der Waals surface area contributed by atoms with Gasteiger partial charge < -0.3 is 10.2 Å². The van der Waals surface area contributed by atoms with Gasteiger partial charge in [0.15, 0.2) is 0 Å². The maximum absolute atomic E-state index is 11.9. The number of hydrogen-bond donors (Lipinski definition) is 1. The van der Waals surface area contributed by atoms with Gasteiger partial charge in [-0.05, 0) is 24.3 Å². The third-order valence-electron chi connectivity index (χ3n) is 2.20. The van der Waals surface area contributed by atoms with Crippen molar-refractivity contribution in [3.05, 3.63) is 54.0 Å². The summed E-state index contributed by atoms with van der Waals surface area (Å²) in [6.45, 7) is 0.373. The second-order valence-corrected chi connectivity index (χ2v) is 4.83. The van der Waals surface area contributed by atoms with Crippen molar-refractivity contribution in [3.63, 3.8) is 0 Å². The van der Waals surface area contributed by atoms with E-state index in [2.05, 4.69) is 0 Å². The molecule has 1 heterocycles. The van der Waals surface area contributed by atoms with Crippen LogP contribution in [0.25, 0.3) is 0 Å². The number of benzene rings is 1. The molecule has 1 aromatic heterocycles. The average Bonchev–Trinajstić information content (AvgIpc) is 2.78. The Hall–Kier alpha value is -1.39.